The lowest BCUT2D eigenvalue weighted by atomic mass is 9.93. The maximum Gasteiger partial charge on any atom is 0.417 e. The molecule has 0 aromatic carbocycles. The summed E-state index contributed by atoms with van der Waals surface area (Å²) < 4.78 is 4.55. The van der Waals surface area contributed by atoms with Crippen LogP contribution in [0.3, 0.4) is 0 Å². The van der Waals surface area contributed by atoms with Crippen LogP contribution in [0, 0.1) is 5.92 Å². The molecule has 0 saturated heterocycles. The van der Waals surface area contributed by atoms with E-state index in [0.29, 0.717) is 5.57 Å². The molecule has 1 unspecified atom stereocenters. The molecule has 0 saturated carbocycles. The number of Topliss-reactive ketones (excluding diaryl/α,β-unsaturated/α-hetero) is 1. The summed E-state index contributed by atoms with van der Waals surface area (Å²) in [6.07, 6.45) is 6.02. The standard InChI is InChI=1S/C10H10N2O3/c1-15-10(14)12-3-2-7-4-11-5-9(13)8(7)6-12/h2-4,6-7H,5H2,1H3. The van der Waals surface area contributed by atoms with Gasteiger partial charge in [-0.2, -0.15) is 0 Å². The summed E-state index contributed by atoms with van der Waals surface area (Å²) in [5, 5.41) is 0. The van der Waals surface area contributed by atoms with Crippen molar-refractivity contribution in [1.29, 1.82) is 0 Å². The zero-order chi connectivity index (χ0) is 10.8. The van der Waals surface area contributed by atoms with Crippen molar-refractivity contribution in [2.24, 2.45) is 10.9 Å². The van der Waals surface area contributed by atoms with E-state index in [0.717, 1.165) is 0 Å². The number of amides is 1. The third-order valence-electron chi connectivity index (χ3n) is 2.30. The van der Waals surface area contributed by atoms with Crippen LogP contribution >= 0.6 is 0 Å². The van der Waals surface area contributed by atoms with Gasteiger partial charge in [-0.1, -0.05) is 6.08 Å². The second kappa shape index (κ2) is 3.68. The van der Waals surface area contributed by atoms with E-state index in [-0.39, 0.29) is 18.2 Å². The highest BCUT2D eigenvalue weighted by Crippen LogP contribution is 2.22. The van der Waals surface area contributed by atoms with E-state index >= 15 is 0 Å². The molecule has 0 radical (unpaired) electrons. The Morgan fingerprint density at radius 3 is 3.20 bits per heavy atom. The van der Waals surface area contributed by atoms with Crippen LogP contribution in [0.25, 0.3) is 0 Å². The van der Waals surface area contributed by atoms with Crippen LogP contribution in [0.4, 0.5) is 4.79 Å². The summed E-state index contributed by atoms with van der Waals surface area (Å²) in [4.78, 5) is 27.9. The molecular formula is C10H10N2O3. The molecule has 2 rings (SSSR count). The van der Waals surface area contributed by atoms with Crippen molar-refractivity contribution in [3.8, 4) is 0 Å². The Bertz CT molecular complexity index is 395. The molecule has 1 amide bonds. The largest absolute Gasteiger partial charge is 0.452 e. The smallest absolute Gasteiger partial charge is 0.417 e. The molecular weight excluding hydrogens is 196 g/mol. The third-order valence-corrected chi connectivity index (χ3v) is 2.30. The summed E-state index contributed by atoms with van der Waals surface area (Å²) in [5.41, 5.74) is 0.581. The molecule has 0 spiro atoms. The highest BCUT2D eigenvalue weighted by atomic mass is 16.5. The number of ketones is 1. The summed E-state index contributed by atoms with van der Waals surface area (Å²) in [6, 6.07) is 0. The predicted octanol–water partition coefficient (Wildman–Crippen LogP) is 0.736. The van der Waals surface area contributed by atoms with Crippen LogP contribution in [0.5, 0.6) is 0 Å². The topological polar surface area (TPSA) is 59.0 Å². The Labute approximate surface area is 86.7 Å². The normalized spacial score (nSPS) is 23.5. The predicted molar refractivity (Wildman–Crippen MR) is 53.3 cm³/mol. The van der Waals surface area contributed by atoms with E-state index in [1.807, 2.05) is 0 Å². The van der Waals surface area contributed by atoms with Crippen molar-refractivity contribution < 1.29 is 14.3 Å². The van der Waals surface area contributed by atoms with E-state index in [2.05, 4.69) is 9.73 Å². The average molecular weight is 206 g/mol. The number of rotatable bonds is 0. The van der Waals surface area contributed by atoms with E-state index in [1.54, 1.807) is 18.5 Å². The zero-order valence-electron chi connectivity index (χ0n) is 8.21. The maximum absolute atomic E-state index is 11.5. The van der Waals surface area contributed by atoms with Gasteiger partial charge in [0.05, 0.1) is 7.11 Å². The number of methoxy groups -OCH3 is 1. The molecule has 0 aromatic rings. The molecule has 15 heavy (non-hydrogen) atoms. The van der Waals surface area contributed by atoms with Crippen LogP contribution in [0.2, 0.25) is 0 Å². The van der Waals surface area contributed by atoms with Crippen molar-refractivity contribution in [2.75, 3.05) is 13.7 Å². The maximum atomic E-state index is 11.5. The summed E-state index contributed by atoms with van der Waals surface area (Å²) in [7, 11) is 1.30. The first-order chi connectivity index (χ1) is 7.22. The van der Waals surface area contributed by atoms with Gasteiger partial charge in [-0.25, -0.2) is 4.79 Å². The molecule has 1 atom stereocenters. The average Bonchev–Trinajstić information content (AvgIpc) is 2.28. The fraction of sp³-hybridized carbons (Fsp3) is 0.300. The minimum absolute atomic E-state index is 0.0549. The van der Waals surface area contributed by atoms with Gasteiger partial charge < -0.3 is 4.74 Å². The Balaban J connectivity index is 2.28. The van der Waals surface area contributed by atoms with E-state index in [4.69, 9.17) is 0 Å². The van der Waals surface area contributed by atoms with Gasteiger partial charge in [0.2, 0.25) is 0 Å². The van der Waals surface area contributed by atoms with E-state index in [1.165, 1.54) is 18.2 Å². The monoisotopic (exact) mass is 206 g/mol. The van der Waals surface area contributed by atoms with Gasteiger partial charge in [-0.15, -0.1) is 0 Å². The number of hydrogen-bond acceptors (Lipinski definition) is 4. The number of allylic oxidation sites excluding steroid dienone is 1. The number of fused-ring (bicyclic) bond motifs is 1. The van der Waals surface area contributed by atoms with Gasteiger partial charge in [0.25, 0.3) is 0 Å². The second-order valence-corrected chi connectivity index (χ2v) is 3.24. The minimum Gasteiger partial charge on any atom is -0.452 e. The van der Waals surface area contributed by atoms with Crippen molar-refractivity contribution in [3.63, 3.8) is 0 Å². The number of hydrogen-bond donors (Lipinski definition) is 0. The summed E-state index contributed by atoms with van der Waals surface area (Å²) >= 11 is 0. The first-order valence-corrected chi connectivity index (χ1v) is 4.52. The Morgan fingerprint density at radius 1 is 1.67 bits per heavy atom. The SMILES string of the molecule is COC(=O)N1C=CC2C=NCC(=O)C2=C1. The molecule has 2 aliphatic heterocycles. The Morgan fingerprint density at radius 2 is 2.47 bits per heavy atom. The molecule has 5 heteroatoms. The lowest BCUT2D eigenvalue weighted by Crippen LogP contribution is -2.30. The van der Waals surface area contributed by atoms with Crippen molar-refractivity contribution in [1.82, 2.24) is 4.90 Å². The Kier molecular flexibility index (Phi) is 2.37. The number of carbonyl (C=O) groups is 2. The summed E-state index contributed by atoms with van der Waals surface area (Å²) in [6.45, 7) is 0.158. The lowest BCUT2D eigenvalue weighted by molar-refractivity contribution is -0.114. The van der Waals surface area contributed by atoms with Crippen LogP contribution < -0.4 is 0 Å². The fourth-order valence-corrected chi connectivity index (χ4v) is 1.52. The van der Waals surface area contributed by atoms with Gasteiger partial charge in [0.1, 0.15) is 6.54 Å². The molecule has 0 aromatic heterocycles. The van der Waals surface area contributed by atoms with Crippen LogP contribution in [-0.2, 0) is 9.53 Å². The highest BCUT2D eigenvalue weighted by molar-refractivity contribution is 6.04. The summed E-state index contributed by atoms with van der Waals surface area (Å²) in [5.74, 6) is -0.159. The first-order valence-electron chi connectivity index (χ1n) is 4.52. The Hall–Kier alpha value is -1.91. The molecule has 0 bridgehead atoms. The van der Waals surface area contributed by atoms with Gasteiger partial charge >= 0.3 is 6.09 Å². The van der Waals surface area contributed by atoms with Gasteiger partial charge in [0, 0.05) is 30.1 Å². The molecule has 0 N–H and O–H groups in total. The van der Waals surface area contributed by atoms with Crippen molar-refractivity contribution >= 4 is 18.1 Å². The van der Waals surface area contributed by atoms with Gasteiger partial charge in [-0.3, -0.25) is 14.7 Å². The lowest BCUT2D eigenvalue weighted by Gasteiger charge is -2.23. The van der Waals surface area contributed by atoms with Gasteiger partial charge in [-0.05, 0) is 0 Å². The van der Waals surface area contributed by atoms with E-state index < -0.39 is 6.09 Å². The number of ether oxygens (including phenoxy) is 1. The van der Waals surface area contributed by atoms with Crippen molar-refractivity contribution in [2.45, 2.75) is 0 Å². The molecule has 0 fully saturated rings. The highest BCUT2D eigenvalue weighted by Gasteiger charge is 2.26. The molecule has 78 valence electrons. The molecule has 2 heterocycles. The van der Waals surface area contributed by atoms with Crippen LogP contribution in [0.15, 0.2) is 29.0 Å². The number of aliphatic imine (C=N–C) groups is 1. The van der Waals surface area contributed by atoms with Crippen LogP contribution in [0.1, 0.15) is 0 Å². The quantitative estimate of drug-likeness (QED) is 0.587. The molecule has 5 nitrogen and oxygen atoms in total. The third kappa shape index (κ3) is 1.68. The van der Waals surface area contributed by atoms with Crippen LogP contribution in [-0.4, -0.2) is 36.6 Å². The van der Waals surface area contributed by atoms with E-state index in [9.17, 15) is 9.59 Å². The number of nitrogens with zero attached hydrogens (tertiary/aromatic N) is 2. The zero-order valence-corrected chi connectivity index (χ0v) is 8.21. The number of carbonyl (C=O) groups excluding carboxylic acids is 2. The fourth-order valence-electron chi connectivity index (χ4n) is 1.52. The second-order valence-electron chi connectivity index (χ2n) is 3.24. The molecule has 2 aliphatic rings. The van der Waals surface area contributed by atoms with Gasteiger partial charge in [0.15, 0.2) is 5.78 Å². The first kappa shape index (κ1) is 9.64. The van der Waals surface area contributed by atoms with Crippen molar-refractivity contribution in [3.05, 3.63) is 24.0 Å². The molecule has 0 aliphatic carbocycles. The minimum atomic E-state index is -0.507.